The summed E-state index contributed by atoms with van der Waals surface area (Å²) in [6, 6.07) is 9.86. The molecule has 9 heteroatoms. The number of hydrogen-bond donors (Lipinski definition) is 0. The quantitative estimate of drug-likeness (QED) is 0.462. The average molecular weight is 428 g/mol. The van der Waals surface area contributed by atoms with Crippen LogP contribution in [0.4, 0.5) is 5.69 Å². The van der Waals surface area contributed by atoms with Crippen LogP contribution in [0.25, 0.3) is 0 Å². The van der Waals surface area contributed by atoms with Gasteiger partial charge in [-0.1, -0.05) is 28.2 Å². The van der Waals surface area contributed by atoms with Crippen molar-refractivity contribution in [2.45, 2.75) is 20.5 Å². The molecule has 1 aliphatic heterocycles. The lowest BCUT2D eigenvalue weighted by atomic mass is 10.1. The Morgan fingerprint density at radius 3 is 2.59 bits per heavy atom. The summed E-state index contributed by atoms with van der Waals surface area (Å²) in [5.74, 6) is -1.54. The van der Waals surface area contributed by atoms with Gasteiger partial charge in [-0.3, -0.25) is 9.59 Å². The lowest BCUT2D eigenvalue weighted by Crippen LogP contribution is -2.30. The van der Waals surface area contributed by atoms with Crippen LogP contribution in [0.5, 0.6) is 0 Å². The molecule has 0 aliphatic carbocycles. The summed E-state index contributed by atoms with van der Waals surface area (Å²) in [5.41, 5.74) is 3.20. The van der Waals surface area contributed by atoms with E-state index in [9.17, 15) is 14.4 Å². The van der Waals surface area contributed by atoms with E-state index in [0.717, 1.165) is 27.6 Å². The number of halogens is 1. The maximum atomic E-state index is 13.0. The van der Waals surface area contributed by atoms with Crippen molar-refractivity contribution in [1.82, 2.24) is 9.59 Å². The Kier molecular flexibility index (Phi) is 4.89. The Labute approximate surface area is 175 Å². The molecule has 146 valence electrons. The zero-order valence-corrected chi connectivity index (χ0v) is 17.0. The first-order chi connectivity index (χ1) is 13.9. The molecule has 0 bridgehead atoms. The maximum Gasteiger partial charge on any atom is 0.338 e. The van der Waals surface area contributed by atoms with E-state index in [1.54, 1.807) is 6.07 Å². The molecule has 0 atom stereocenters. The van der Waals surface area contributed by atoms with E-state index in [-0.39, 0.29) is 23.3 Å². The number of esters is 1. The van der Waals surface area contributed by atoms with Crippen molar-refractivity contribution < 1.29 is 19.1 Å². The first-order valence-electron chi connectivity index (χ1n) is 8.60. The zero-order valence-electron chi connectivity index (χ0n) is 15.4. The Morgan fingerprint density at radius 1 is 1.10 bits per heavy atom. The molecule has 0 radical (unpaired) electrons. The van der Waals surface area contributed by atoms with Crippen molar-refractivity contribution in [1.29, 1.82) is 0 Å². The highest BCUT2D eigenvalue weighted by molar-refractivity contribution is 7.10. The van der Waals surface area contributed by atoms with E-state index in [2.05, 4.69) is 9.59 Å². The monoisotopic (exact) mass is 427 g/mol. The molecular weight excluding hydrogens is 414 g/mol. The summed E-state index contributed by atoms with van der Waals surface area (Å²) in [4.78, 5) is 39.3. The van der Waals surface area contributed by atoms with E-state index in [4.69, 9.17) is 16.3 Å². The molecule has 2 amide bonds. The number of imide groups is 1. The largest absolute Gasteiger partial charge is 0.455 e. The summed E-state index contributed by atoms with van der Waals surface area (Å²) in [6.45, 7) is 3.59. The van der Waals surface area contributed by atoms with Crippen molar-refractivity contribution in [2.24, 2.45) is 0 Å². The molecule has 29 heavy (non-hydrogen) atoms. The Bertz CT molecular complexity index is 1170. The van der Waals surface area contributed by atoms with Gasteiger partial charge in [-0.25, -0.2) is 9.69 Å². The Balaban J connectivity index is 1.61. The standard InChI is InChI=1S/C20H14ClN3O4S/c1-10-3-4-11(2)16(7-10)24-18(25)13-6-5-12(8-14(13)19(24)26)20(27)28-9-15-17(21)29-23-22-15/h3-8H,9H2,1-2H3. The van der Waals surface area contributed by atoms with Gasteiger partial charge in [-0.2, -0.15) is 0 Å². The Hall–Kier alpha value is -3.10. The first-order valence-corrected chi connectivity index (χ1v) is 9.76. The van der Waals surface area contributed by atoms with Gasteiger partial charge in [0.1, 0.15) is 16.6 Å². The molecule has 0 unspecified atom stereocenters. The fraction of sp³-hybridized carbons (Fsp3) is 0.150. The van der Waals surface area contributed by atoms with Crippen LogP contribution in [-0.4, -0.2) is 27.4 Å². The van der Waals surface area contributed by atoms with Crippen LogP contribution >= 0.6 is 23.1 Å². The summed E-state index contributed by atoms with van der Waals surface area (Å²) < 4.78 is 9.21. The number of carbonyl (C=O) groups is 3. The van der Waals surface area contributed by atoms with Crippen molar-refractivity contribution in [2.75, 3.05) is 4.90 Å². The minimum atomic E-state index is -0.651. The van der Waals surface area contributed by atoms with Crippen LogP contribution < -0.4 is 4.90 Å². The number of nitrogens with zero attached hydrogens (tertiary/aromatic N) is 3. The van der Waals surface area contributed by atoms with Crippen molar-refractivity contribution in [3.63, 3.8) is 0 Å². The second kappa shape index (κ2) is 7.38. The van der Waals surface area contributed by atoms with E-state index in [0.29, 0.717) is 15.7 Å². The number of aryl methyl sites for hydroxylation is 2. The van der Waals surface area contributed by atoms with E-state index in [1.165, 1.54) is 18.2 Å². The molecule has 0 spiro atoms. The van der Waals surface area contributed by atoms with Gasteiger partial charge < -0.3 is 4.74 Å². The number of anilines is 1. The number of ether oxygens (including phenoxy) is 1. The molecule has 2 heterocycles. The molecule has 0 saturated carbocycles. The second-order valence-corrected chi connectivity index (χ2v) is 7.92. The summed E-state index contributed by atoms with van der Waals surface area (Å²) in [6.07, 6.45) is 0. The van der Waals surface area contributed by atoms with Gasteiger partial charge in [0.15, 0.2) is 0 Å². The van der Waals surface area contributed by atoms with Crippen LogP contribution in [-0.2, 0) is 11.3 Å². The zero-order chi connectivity index (χ0) is 20.7. The lowest BCUT2D eigenvalue weighted by molar-refractivity contribution is 0.0467. The van der Waals surface area contributed by atoms with E-state index < -0.39 is 17.8 Å². The van der Waals surface area contributed by atoms with Gasteiger partial charge in [0.2, 0.25) is 0 Å². The molecule has 3 aromatic rings. The Morgan fingerprint density at radius 2 is 1.86 bits per heavy atom. The minimum absolute atomic E-state index is 0.132. The van der Waals surface area contributed by atoms with Crippen molar-refractivity contribution >= 4 is 46.6 Å². The van der Waals surface area contributed by atoms with Crippen LogP contribution in [0.3, 0.4) is 0 Å². The van der Waals surface area contributed by atoms with Gasteiger partial charge in [0.05, 0.1) is 22.4 Å². The molecule has 4 rings (SSSR count). The van der Waals surface area contributed by atoms with Gasteiger partial charge in [-0.05, 0) is 49.2 Å². The number of hydrogen-bond acceptors (Lipinski definition) is 7. The van der Waals surface area contributed by atoms with Crippen LogP contribution in [0.1, 0.15) is 47.9 Å². The molecular formula is C20H14ClN3O4S. The van der Waals surface area contributed by atoms with Crippen LogP contribution in [0, 0.1) is 13.8 Å². The lowest BCUT2D eigenvalue weighted by Gasteiger charge is -2.17. The normalized spacial score (nSPS) is 13.0. The van der Waals surface area contributed by atoms with Gasteiger partial charge in [-0.15, -0.1) is 5.10 Å². The fourth-order valence-electron chi connectivity index (χ4n) is 3.05. The van der Waals surface area contributed by atoms with Gasteiger partial charge >= 0.3 is 5.97 Å². The molecule has 7 nitrogen and oxygen atoms in total. The summed E-state index contributed by atoms with van der Waals surface area (Å²) in [7, 11) is 0. The number of fused-ring (bicyclic) bond motifs is 1. The van der Waals surface area contributed by atoms with Crippen LogP contribution in [0.2, 0.25) is 4.34 Å². The highest BCUT2D eigenvalue weighted by Gasteiger charge is 2.38. The minimum Gasteiger partial charge on any atom is -0.455 e. The molecule has 2 aromatic carbocycles. The molecule has 0 saturated heterocycles. The molecule has 0 N–H and O–H groups in total. The number of benzene rings is 2. The number of rotatable bonds is 4. The molecule has 1 aliphatic rings. The number of aromatic nitrogens is 2. The molecule has 1 aromatic heterocycles. The van der Waals surface area contributed by atoms with Crippen molar-refractivity contribution in [3.05, 3.63) is 74.2 Å². The smallest absolute Gasteiger partial charge is 0.338 e. The van der Waals surface area contributed by atoms with Crippen molar-refractivity contribution in [3.8, 4) is 0 Å². The van der Waals surface area contributed by atoms with E-state index >= 15 is 0 Å². The highest BCUT2D eigenvalue weighted by atomic mass is 35.5. The number of amides is 2. The summed E-state index contributed by atoms with van der Waals surface area (Å²) >= 11 is 6.89. The molecule has 0 fully saturated rings. The highest BCUT2D eigenvalue weighted by Crippen LogP contribution is 2.32. The predicted octanol–water partition coefficient (Wildman–Crippen LogP) is 3.97. The van der Waals surface area contributed by atoms with E-state index in [1.807, 2.05) is 26.0 Å². The SMILES string of the molecule is Cc1ccc(C)c(N2C(=O)c3ccc(C(=O)OCc4nnsc4Cl)cc3C2=O)c1. The van der Waals surface area contributed by atoms with Gasteiger partial charge in [0, 0.05) is 11.5 Å². The van der Waals surface area contributed by atoms with Gasteiger partial charge in [0.25, 0.3) is 11.8 Å². The third-order valence-corrected chi connectivity index (χ3v) is 5.56. The fourth-order valence-corrected chi connectivity index (χ4v) is 3.65. The average Bonchev–Trinajstić information content (AvgIpc) is 3.22. The second-order valence-electron chi connectivity index (χ2n) is 6.57. The third kappa shape index (κ3) is 3.41. The third-order valence-electron chi connectivity index (χ3n) is 4.58. The first kappa shape index (κ1) is 19.2. The topological polar surface area (TPSA) is 89.5 Å². The predicted molar refractivity (Wildman–Crippen MR) is 108 cm³/mol. The van der Waals surface area contributed by atoms with Crippen LogP contribution in [0.15, 0.2) is 36.4 Å². The maximum absolute atomic E-state index is 13.0. The number of carbonyl (C=O) groups excluding carboxylic acids is 3. The summed E-state index contributed by atoms with van der Waals surface area (Å²) in [5, 5.41) is 3.77.